The number of sulfonamides is 1. The molecular formula is C17H18N2O4S2. The number of hydrogen-bond donors (Lipinski definition) is 0. The van der Waals surface area contributed by atoms with Gasteiger partial charge in [-0.1, -0.05) is 6.07 Å². The van der Waals surface area contributed by atoms with Gasteiger partial charge in [0, 0.05) is 13.3 Å². The number of aryl methyl sites for hydroxylation is 1. The lowest BCUT2D eigenvalue weighted by molar-refractivity contribution is 0.592. The lowest BCUT2D eigenvalue weighted by Gasteiger charge is -2.22. The summed E-state index contributed by atoms with van der Waals surface area (Å²) in [5.41, 5.74) is 1.36. The van der Waals surface area contributed by atoms with E-state index in [4.69, 9.17) is 5.26 Å². The third kappa shape index (κ3) is 3.67. The number of hydrogen-bond acceptors (Lipinski definition) is 5. The van der Waals surface area contributed by atoms with Crippen LogP contribution in [0.5, 0.6) is 0 Å². The molecule has 0 aliphatic rings. The number of rotatable bonds is 4. The van der Waals surface area contributed by atoms with Gasteiger partial charge in [0.2, 0.25) is 0 Å². The highest BCUT2D eigenvalue weighted by atomic mass is 32.2. The monoisotopic (exact) mass is 378 g/mol. The largest absolute Gasteiger partial charge is 0.269 e. The van der Waals surface area contributed by atoms with Crippen molar-refractivity contribution >= 4 is 25.5 Å². The molecule has 0 atom stereocenters. The Balaban J connectivity index is 2.68. The average molecular weight is 378 g/mol. The highest BCUT2D eigenvalue weighted by Crippen LogP contribution is 2.29. The molecule has 0 N–H and O–H groups in total. The molecule has 8 heteroatoms. The summed E-state index contributed by atoms with van der Waals surface area (Å²) >= 11 is 0. The van der Waals surface area contributed by atoms with Gasteiger partial charge in [-0.2, -0.15) is 5.26 Å². The Morgan fingerprint density at radius 3 is 2.16 bits per heavy atom. The zero-order chi connectivity index (χ0) is 19.0. The molecule has 0 heterocycles. The minimum absolute atomic E-state index is 0.00903. The molecule has 2 aromatic carbocycles. The summed E-state index contributed by atoms with van der Waals surface area (Å²) in [6, 6.07) is 11.1. The van der Waals surface area contributed by atoms with Gasteiger partial charge in [0.25, 0.3) is 10.0 Å². The van der Waals surface area contributed by atoms with Gasteiger partial charge in [-0.25, -0.2) is 16.8 Å². The van der Waals surface area contributed by atoms with Crippen LogP contribution in [0.25, 0.3) is 0 Å². The lowest BCUT2D eigenvalue weighted by Crippen LogP contribution is -2.27. The van der Waals surface area contributed by atoms with E-state index in [1.807, 2.05) is 6.07 Å². The fourth-order valence-corrected chi connectivity index (χ4v) is 5.15. The molecule has 0 bridgehead atoms. The predicted molar refractivity (Wildman–Crippen MR) is 95.8 cm³/mol. The summed E-state index contributed by atoms with van der Waals surface area (Å²) in [6.45, 7) is 3.12. The summed E-state index contributed by atoms with van der Waals surface area (Å²) < 4.78 is 51.0. The molecule has 0 amide bonds. The van der Waals surface area contributed by atoms with Crippen LogP contribution < -0.4 is 4.31 Å². The smallest absolute Gasteiger partial charge is 0.264 e. The molecular weight excluding hydrogens is 360 g/mol. The number of anilines is 1. The van der Waals surface area contributed by atoms with Gasteiger partial charge in [-0.05, 0) is 55.3 Å². The predicted octanol–water partition coefficient (Wildman–Crippen LogP) is 2.40. The summed E-state index contributed by atoms with van der Waals surface area (Å²) in [5.74, 6) is 0. The highest BCUT2D eigenvalue weighted by molar-refractivity contribution is 7.93. The van der Waals surface area contributed by atoms with Crippen molar-refractivity contribution in [2.24, 2.45) is 0 Å². The van der Waals surface area contributed by atoms with Crippen molar-refractivity contribution in [3.8, 4) is 6.07 Å². The molecule has 0 aliphatic heterocycles. The van der Waals surface area contributed by atoms with E-state index in [0.29, 0.717) is 16.8 Å². The van der Waals surface area contributed by atoms with Crippen molar-refractivity contribution in [2.45, 2.75) is 23.6 Å². The van der Waals surface area contributed by atoms with Gasteiger partial charge < -0.3 is 0 Å². The number of nitrogens with zero attached hydrogens (tertiary/aromatic N) is 2. The fourth-order valence-electron chi connectivity index (χ4n) is 2.50. The molecule has 0 saturated heterocycles. The summed E-state index contributed by atoms with van der Waals surface area (Å²) in [4.78, 5) is -0.0805. The first-order valence-corrected chi connectivity index (χ1v) is 10.6. The first kappa shape index (κ1) is 19.0. The molecule has 0 fully saturated rings. The van der Waals surface area contributed by atoms with Crippen LogP contribution in [0.1, 0.15) is 16.7 Å². The standard InChI is InChI=1S/C17H18N2O4S2/c1-12-8-16(24(4,20)21)13(2)17(9-12)25(22,23)19(3)15-7-5-6-14(10-15)11-18/h5-10H,1-4H3. The number of benzene rings is 2. The van der Waals surface area contributed by atoms with E-state index >= 15 is 0 Å². The van der Waals surface area contributed by atoms with Crippen molar-refractivity contribution in [3.63, 3.8) is 0 Å². The van der Waals surface area contributed by atoms with Gasteiger partial charge in [0.05, 0.1) is 27.1 Å². The van der Waals surface area contributed by atoms with Crippen LogP contribution in [-0.4, -0.2) is 30.1 Å². The Bertz CT molecular complexity index is 1080. The van der Waals surface area contributed by atoms with Gasteiger partial charge in [0.1, 0.15) is 0 Å². The molecule has 2 aromatic rings. The van der Waals surface area contributed by atoms with E-state index in [9.17, 15) is 16.8 Å². The van der Waals surface area contributed by atoms with Crippen LogP contribution in [0.4, 0.5) is 5.69 Å². The maximum atomic E-state index is 13.0. The fraction of sp³-hybridized carbons (Fsp3) is 0.235. The SMILES string of the molecule is Cc1cc(S(C)(=O)=O)c(C)c(S(=O)(=O)N(C)c2cccc(C#N)c2)c1. The molecule has 0 spiro atoms. The second-order valence-electron chi connectivity index (χ2n) is 5.79. The maximum Gasteiger partial charge on any atom is 0.264 e. The molecule has 0 radical (unpaired) electrons. The Labute approximate surface area is 148 Å². The van der Waals surface area contributed by atoms with Gasteiger partial charge in [-0.3, -0.25) is 4.31 Å². The van der Waals surface area contributed by atoms with Crippen LogP contribution in [0.15, 0.2) is 46.2 Å². The van der Waals surface area contributed by atoms with E-state index in [1.54, 1.807) is 25.1 Å². The summed E-state index contributed by atoms with van der Waals surface area (Å²) in [5, 5.41) is 8.99. The van der Waals surface area contributed by atoms with Crippen molar-refractivity contribution < 1.29 is 16.8 Å². The summed E-state index contributed by atoms with van der Waals surface area (Å²) in [6.07, 6.45) is 1.05. The van der Waals surface area contributed by atoms with Crippen molar-refractivity contribution in [3.05, 3.63) is 53.1 Å². The Morgan fingerprint density at radius 2 is 1.60 bits per heavy atom. The van der Waals surface area contributed by atoms with Crippen molar-refractivity contribution in [1.82, 2.24) is 0 Å². The maximum absolute atomic E-state index is 13.0. The van der Waals surface area contributed by atoms with E-state index in [2.05, 4.69) is 0 Å². The Morgan fingerprint density at radius 1 is 1.00 bits per heavy atom. The Kier molecular flexibility index (Phi) is 4.93. The number of sulfone groups is 1. The van der Waals surface area contributed by atoms with Gasteiger partial charge in [0.15, 0.2) is 9.84 Å². The molecule has 2 rings (SSSR count). The summed E-state index contributed by atoms with van der Waals surface area (Å²) in [7, 11) is -6.19. The third-order valence-electron chi connectivity index (χ3n) is 3.83. The Hall–Kier alpha value is -2.37. The first-order chi connectivity index (χ1) is 11.5. The second-order valence-corrected chi connectivity index (χ2v) is 9.71. The van der Waals surface area contributed by atoms with Crippen molar-refractivity contribution in [2.75, 3.05) is 17.6 Å². The van der Waals surface area contributed by atoms with Crippen LogP contribution >= 0.6 is 0 Å². The quantitative estimate of drug-likeness (QED) is 0.814. The zero-order valence-electron chi connectivity index (χ0n) is 14.3. The van der Waals surface area contributed by atoms with Gasteiger partial charge >= 0.3 is 0 Å². The minimum Gasteiger partial charge on any atom is -0.269 e. The molecule has 132 valence electrons. The minimum atomic E-state index is -3.99. The van der Waals surface area contributed by atoms with Crippen molar-refractivity contribution in [1.29, 1.82) is 5.26 Å². The van der Waals surface area contributed by atoms with Crippen LogP contribution in [0.3, 0.4) is 0 Å². The number of nitriles is 1. The molecule has 6 nitrogen and oxygen atoms in total. The van der Waals surface area contributed by atoms with E-state index in [1.165, 1.54) is 32.2 Å². The molecule has 0 saturated carbocycles. The van der Waals surface area contributed by atoms with E-state index in [-0.39, 0.29) is 15.4 Å². The zero-order valence-corrected chi connectivity index (χ0v) is 15.9. The lowest BCUT2D eigenvalue weighted by atomic mass is 10.2. The van der Waals surface area contributed by atoms with Gasteiger partial charge in [-0.15, -0.1) is 0 Å². The molecule has 0 unspecified atom stereocenters. The molecule has 25 heavy (non-hydrogen) atoms. The van der Waals surface area contributed by atoms with Crippen LogP contribution in [-0.2, 0) is 19.9 Å². The molecule has 0 aromatic heterocycles. The third-order valence-corrected chi connectivity index (χ3v) is 6.97. The van der Waals surface area contributed by atoms with Crippen LogP contribution in [0.2, 0.25) is 0 Å². The second kappa shape index (κ2) is 6.50. The first-order valence-electron chi connectivity index (χ1n) is 7.29. The average Bonchev–Trinajstić information content (AvgIpc) is 2.54. The topological polar surface area (TPSA) is 95.3 Å². The van der Waals surface area contributed by atoms with E-state index < -0.39 is 19.9 Å². The molecule has 0 aliphatic carbocycles. The normalized spacial score (nSPS) is 11.8. The van der Waals surface area contributed by atoms with Crippen LogP contribution in [0, 0.1) is 25.2 Å². The highest BCUT2D eigenvalue weighted by Gasteiger charge is 2.27. The van der Waals surface area contributed by atoms with E-state index in [0.717, 1.165) is 10.6 Å².